The SMILES string of the molecule is Cc1ccncc1CN1CCCC1CN. The molecule has 0 aromatic carbocycles. The molecule has 1 unspecified atom stereocenters. The minimum absolute atomic E-state index is 0.574. The van der Waals surface area contributed by atoms with Crippen LogP contribution in [0.1, 0.15) is 24.0 Å². The Morgan fingerprint density at radius 3 is 3.20 bits per heavy atom. The van der Waals surface area contributed by atoms with Gasteiger partial charge in [-0.1, -0.05) is 0 Å². The van der Waals surface area contributed by atoms with Crippen LogP contribution in [0.2, 0.25) is 0 Å². The van der Waals surface area contributed by atoms with E-state index >= 15 is 0 Å². The summed E-state index contributed by atoms with van der Waals surface area (Å²) in [5, 5.41) is 0. The molecule has 0 bridgehead atoms. The van der Waals surface area contributed by atoms with E-state index in [4.69, 9.17) is 5.73 Å². The molecule has 1 aromatic rings. The highest BCUT2D eigenvalue weighted by Gasteiger charge is 2.23. The first-order valence-corrected chi connectivity index (χ1v) is 5.65. The number of aromatic nitrogens is 1. The Bertz CT molecular complexity index is 324. The lowest BCUT2D eigenvalue weighted by Gasteiger charge is -2.23. The van der Waals surface area contributed by atoms with Crippen molar-refractivity contribution in [3.63, 3.8) is 0 Å². The maximum Gasteiger partial charge on any atom is 0.0315 e. The van der Waals surface area contributed by atoms with Crippen LogP contribution in [0.5, 0.6) is 0 Å². The van der Waals surface area contributed by atoms with E-state index in [1.54, 1.807) is 0 Å². The molecule has 15 heavy (non-hydrogen) atoms. The molecule has 0 saturated carbocycles. The Morgan fingerprint density at radius 1 is 1.60 bits per heavy atom. The molecular formula is C12H19N3. The molecule has 2 rings (SSSR count). The molecule has 1 atom stereocenters. The molecule has 3 heteroatoms. The Morgan fingerprint density at radius 2 is 2.47 bits per heavy atom. The van der Waals surface area contributed by atoms with Gasteiger partial charge in [0.05, 0.1) is 0 Å². The fraction of sp³-hybridized carbons (Fsp3) is 0.583. The summed E-state index contributed by atoms with van der Waals surface area (Å²) in [5.74, 6) is 0. The van der Waals surface area contributed by atoms with Crippen molar-refractivity contribution in [1.82, 2.24) is 9.88 Å². The van der Waals surface area contributed by atoms with Crippen LogP contribution < -0.4 is 5.73 Å². The van der Waals surface area contributed by atoms with Gasteiger partial charge in [-0.25, -0.2) is 0 Å². The largest absolute Gasteiger partial charge is 0.329 e. The molecule has 2 heterocycles. The van der Waals surface area contributed by atoms with Crippen LogP contribution in [-0.4, -0.2) is 29.0 Å². The van der Waals surface area contributed by atoms with E-state index in [2.05, 4.69) is 22.9 Å². The van der Waals surface area contributed by atoms with Gasteiger partial charge in [0.1, 0.15) is 0 Å². The van der Waals surface area contributed by atoms with Crippen LogP contribution in [0.4, 0.5) is 0 Å². The number of pyridine rings is 1. The van der Waals surface area contributed by atoms with Crippen LogP contribution in [0, 0.1) is 6.92 Å². The van der Waals surface area contributed by atoms with Crippen molar-refractivity contribution in [3.8, 4) is 0 Å². The summed E-state index contributed by atoms with van der Waals surface area (Å²) in [4.78, 5) is 6.66. The minimum atomic E-state index is 0.574. The molecule has 0 radical (unpaired) electrons. The maximum atomic E-state index is 5.76. The van der Waals surface area contributed by atoms with Gasteiger partial charge in [-0.15, -0.1) is 0 Å². The van der Waals surface area contributed by atoms with E-state index in [0.717, 1.165) is 13.1 Å². The van der Waals surface area contributed by atoms with Crippen molar-refractivity contribution >= 4 is 0 Å². The number of nitrogens with zero attached hydrogens (tertiary/aromatic N) is 2. The maximum absolute atomic E-state index is 5.76. The smallest absolute Gasteiger partial charge is 0.0315 e. The second-order valence-electron chi connectivity index (χ2n) is 4.30. The number of hydrogen-bond acceptors (Lipinski definition) is 3. The third-order valence-corrected chi connectivity index (χ3v) is 3.29. The summed E-state index contributed by atoms with van der Waals surface area (Å²) < 4.78 is 0. The van der Waals surface area contributed by atoms with Gasteiger partial charge in [0.2, 0.25) is 0 Å². The molecule has 1 aliphatic rings. The molecule has 0 aliphatic carbocycles. The van der Waals surface area contributed by atoms with E-state index in [-0.39, 0.29) is 0 Å². The fourth-order valence-corrected chi connectivity index (χ4v) is 2.25. The van der Waals surface area contributed by atoms with Crippen LogP contribution in [0.3, 0.4) is 0 Å². The van der Waals surface area contributed by atoms with Gasteiger partial charge in [-0.2, -0.15) is 0 Å². The lowest BCUT2D eigenvalue weighted by Crippen LogP contribution is -2.35. The summed E-state index contributed by atoms with van der Waals surface area (Å²) in [6.07, 6.45) is 6.35. The molecule has 1 aliphatic heterocycles. The quantitative estimate of drug-likeness (QED) is 0.809. The van der Waals surface area contributed by atoms with Crippen molar-refractivity contribution in [1.29, 1.82) is 0 Å². The number of aryl methyl sites for hydroxylation is 1. The fourth-order valence-electron chi connectivity index (χ4n) is 2.25. The predicted molar refractivity (Wildman–Crippen MR) is 61.5 cm³/mol. The van der Waals surface area contributed by atoms with Gasteiger partial charge < -0.3 is 5.73 Å². The van der Waals surface area contributed by atoms with Crippen molar-refractivity contribution < 1.29 is 0 Å². The van der Waals surface area contributed by atoms with E-state index in [1.165, 1.54) is 30.5 Å². The summed E-state index contributed by atoms with van der Waals surface area (Å²) in [5.41, 5.74) is 8.42. The second-order valence-corrected chi connectivity index (χ2v) is 4.30. The lowest BCUT2D eigenvalue weighted by molar-refractivity contribution is 0.249. The zero-order chi connectivity index (χ0) is 10.7. The number of nitrogens with two attached hydrogens (primary N) is 1. The van der Waals surface area contributed by atoms with Gasteiger partial charge in [0, 0.05) is 31.5 Å². The molecule has 1 saturated heterocycles. The standard InChI is InChI=1S/C12H19N3/c1-10-4-5-14-8-11(10)9-15-6-2-3-12(15)7-13/h4-5,8,12H,2-3,6-7,9,13H2,1H3. The van der Waals surface area contributed by atoms with Crippen LogP contribution >= 0.6 is 0 Å². The Hall–Kier alpha value is -0.930. The zero-order valence-corrected chi connectivity index (χ0v) is 9.32. The van der Waals surface area contributed by atoms with E-state index in [9.17, 15) is 0 Å². The van der Waals surface area contributed by atoms with Crippen LogP contribution in [0.15, 0.2) is 18.5 Å². The molecule has 0 spiro atoms. The van der Waals surface area contributed by atoms with E-state index < -0.39 is 0 Å². The van der Waals surface area contributed by atoms with Crippen molar-refractivity contribution in [3.05, 3.63) is 29.6 Å². The van der Waals surface area contributed by atoms with Gasteiger partial charge in [-0.3, -0.25) is 9.88 Å². The third kappa shape index (κ3) is 2.36. The first kappa shape index (κ1) is 10.6. The first-order chi connectivity index (χ1) is 7.31. The molecule has 1 aromatic heterocycles. The molecule has 82 valence electrons. The van der Waals surface area contributed by atoms with Crippen LogP contribution in [-0.2, 0) is 6.54 Å². The van der Waals surface area contributed by atoms with E-state index in [1.807, 2.05) is 12.4 Å². The highest BCUT2D eigenvalue weighted by Crippen LogP contribution is 2.19. The highest BCUT2D eigenvalue weighted by atomic mass is 15.2. The molecule has 3 nitrogen and oxygen atoms in total. The summed E-state index contributed by atoms with van der Waals surface area (Å²) in [6.45, 7) is 5.10. The zero-order valence-electron chi connectivity index (χ0n) is 9.32. The Labute approximate surface area is 91.3 Å². The van der Waals surface area contributed by atoms with Gasteiger partial charge in [0.25, 0.3) is 0 Å². The average molecular weight is 205 g/mol. The van der Waals surface area contributed by atoms with E-state index in [0.29, 0.717) is 6.04 Å². The van der Waals surface area contributed by atoms with Crippen LogP contribution in [0.25, 0.3) is 0 Å². The summed E-state index contributed by atoms with van der Waals surface area (Å²) in [7, 11) is 0. The molecular weight excluding hydrogens is 186 g/mol. The van der Waals surface area contributed by atoms with Gasteiger partial charge in [0.15, 0.2) is 0 Å². The van der Waals surface area contributed by atoms with Crippen molar-refractivity contribution in [2.45, 2.75) is 32.4 Å². The minimum Gasteiger partial charge on any atom is -0.329 e. The molecule has 2 N–H and O–H groups in total. The van der Waals surface area contributed by atoms with Gasteiger partial charge >= 0.3 is 0 Å². The third-order valence-electron chi connectivity index (χ3n) is 3.29. The van der Waals surface area contributed by atoms with Crippen molar-refractivity contribution in [2.75, 3.05) is 13.1 Å². The summed E-state index contributed by atoms with van der Waals surface area (Å²) >= 11 is 0. The number of likely N-dealkylation sites (tertiary alicyclic amines) is 1. The lowest BCUT2D eigenvalue weighted by atomic mass is 10.1. The molecule has 0 amide bonds. The Balaban J connectivity index is 2.05. The number of rotatable bonds is 3. The highest BCUT2D eigenvalue weighted by molar-refractivity contribution is 5.21. The average Bonchev–Trinajstić information content (AvgIpc) is 2.69. The normalized spacial score (nSPS) is 22.1. The van der Waals surface area contributed by atoms with Gasteiger partial charge in [-0.05, 0) is 43.5 Å². The Kier molecular flexibility index (Phi) is 3.34. The first-order valence-electron chi connectivity index (χ1n) is 5.65. The molecule has 1 fully saturated rings. The predicted octanol–water partition coefficient (Wildman–Crippen LogP) is 1.31. The summed E-state index contributed by atoms with van der Waals surface area (Å²) in [6, 6.07) is 2.65. The topological polar surface area (TPSA) is 42.2 Å². The second kappa shape index (κ2) is 4.73. The van der Waals surface area contributed by atoms with Crippen molar-refractivity contribution in [2.24, 2.45) is 5.73 Å². The number of hydrogen-bond donors (Lipinski definition) is 1. The monoisotopic (exact) mass is 205 g/mol.